The Morgan fingerprint density at radius 1 is 0.302 bits per heavy atom. The minimum absolute atomic E-state index is 0.105. The van der Waals surface area contributed by atoms with Gasteiger partial charge in [-0.05, 0) is 43.4 Å². The molecule has 0 heterocycles. The van der Waals surface area contributed by atoms with E-state index in [9.17, 15) is 43.2 Å². The van der Waals surface area contributed by atoms with Crippen LogP contribution in [-0.4, -0.2) is 96.7 Å². The van der Waals surface area contributed by atoms with Gasteiger partial charge in [-0.3, -0.25) is 37.3 Å². The fourth-order valence-corrected chi connectivity index (χ4v) is 13.3. The Kier molecular flexibility index (Phi) is 66.2. The number of phosphoric ester groups is 2. The number of unbranched alkanes of at least 4 members (excludes halogenated alkanes) is 42. The maximum atomic E-state index is 13.1. The number of hydrogen-bond acceptors (Lipinski definition) is 15. The van der Waals surface area contributed by atoms with Gasteiger partial charge in [-0.25, -0.2) is 9.13 Å². The number of carbonyl (C=O) groups is 4. The van der Waals surface area contributed by atoms with E-state index in [2.05, 4.69) is 48.5 Å². The first-order chi connectivity index (χ1) is 46.3. The van der Waals surface area contributed by atoms with Crippen LogP contribution in [0.5, 0.6) is 0 Å². The minimum Gasteiger partial charge on any atom is -0.462 e. The molecule has 96 heavy (non-hydrogen) atoms. The van der Waals surface area contributed by atoms with Gasteiger partial charge in [-0.2, -0.15) is 0 Å². The molecule has 6 atom stereocenters. The second kappa shape index (κ2) is 67.5. The van der Waals surface area contributed by atoms with Crippen LogP contribution >= 0.6 is 15.6 Å². The van der Waals surface area contributed by atoms with Crippen molar-refractivity contribution in [3.8, 4) is 0 Å². The lowest BCUT2D eigenvalue weighted by Crippen LogP contribution is -2.30. The van der Waals surface area contributed by atoms with Crippen LogP contribution in [0.3, 0.4) is 0 Å². The molecule has 0 aromatic rings. The van der Waals surface area contributed by atoms with Crippen LogP contribution in [0.4, 0.5) is 0 Å². The molecule has 0 rings (SSSR count). The molecule has 19 heteroatoms. The third-order valence-electron chi connectivity index (χ3n) is 18.2. The molecule has 3 N–H and O–H groups in total. The molecule has 0 amide bonds. The maximum absolute atomic E-state index is 13.1. The summed E-state index contributed by atoms with van der Waals surface area (Å²) in [5, 5.41) is 10.6. The Labute approximate surface area is 588 Å². The highest BCUT2D eigenvalue weighted by atomic mass is 31.2. The van der Waals surface area contributed by atoms with Gasteiger partial charge in [0.2, 0.25) is 0 Å². The number of aliphatic hydroxyl groups excluding tert-OH is 1. The third kappa shape index (κ3) is 69.2. The van der Waals surface area contributed by atoms with Crippen molar-refractivity contribution in [3.63, 3.8) is 0 Å². The summed E-state index contributed by atoms with van der Waals surface area (Å²) in [5.41, 5.74) is 0. The van der Waals surface area contributed by atoms with Gasteiger partial charge in [0.25, 0.3) is 0 Å². The highest BCUT2D eigenvalue weighted by Crippen LogP contribution is 2.45. The molecular weight excluding hydrogens is 1260 g/mol. The summed E-state index contributed by atoms with van der Waals surface area (Å²) in [7, 11) is -9.91. The molecule has 0 aliphatic rings. The number of aliphatic hydroxyl groups is 1. The van der Waals surface area contributed by atoms with Crippen molar-refractivity contribution in [1.29, 1.82) is 0 Å². The molecule has 0 aromatic carbocycles. The zero-order chi connectivity index (χ0) is 70.9. The van der Waals surface area contributed by atoms with Crippen molar-refractivity contribution < 1.29 is 80.2 Å². The van der Waals surface area contributed by atoms with Gasteiger partial charge in [0, 0.05) is 25.7 Å². The fourth-order valence-electron chi connectivity index (χ4n) is 11.7. The largest absolute Gasteiger partial charge is 0.472 e. The highest BCUT2D eigenvalue weighted by Gasteiger charge is 2.30. The number of hydrogen-bond donors (Lipinski definition) is 3. The van der Waals surface area contributed by atoms with Crippen molar-refractivity contribution in [3.05, 3.63) is 0 Å². The summed E-state index contributed by atoms with van der Waals surface area (Å²) in [6.07, 6.45) is 54.1. The van der Waals surface area contributed by atoms with Gasteiger partial charge in [-0.15, -0.1) is 0 Å². The third-order valence-corrected chi connectivity index (χ3v) is 20.1. The summed E-state index contributed by atoms with van der Waals surface area (Å²) in [5.74, 6) is 0.216. The lowest BCUT2D eigenvalue weighted by Gasteiger charge is -2.21. The van der Waals surface area contributed by atoms with E-state index in [0.29, 0.717) is 25.7 Å². The minimum atomic E-state index is -4.96. The molecular formula is C77H150O17P2. The lowest BCUT2D eigenvalue weighted by atomic mass is 9.99. The van der Waals surface area contributed by atoms with E-state index in [1.807, 2.05) is 0 Å². The monoisotopic (exact) mass is 1410 g/mol. The average Bonchev–Trinajstić information content (AvgIpc) is 1.51. The predicted octanol–water partition coefficient (Wildman–Crippen LogP) is 22.6. The second-order valence-electron chi connectivity index (χ2n) is 28.9. The van der Waals surface area contributed by atoms with Crippen LogP contribution in [0.25, 0.3) is 0 Å². The van der Waals surface area contributed by atoms with E-state index in [1.165, 1.54) is 205 Å². The van der Waals surface area contributed by atoms with Gasteiger partial charge >= 0.3 is 39.5 Å². The standard InChI is InChI=1S/C77H150O17P2/c1-8-10-11-12-13-14-23-29-37-44-51-58-74(79)87-65-73(94-77(82)61-54-47-40-33-32-36-43-50-57-70(7)9-2)67-92-96(85,86)90-63-71(78)62-89-95(83,84)91-66-72(64-88-75(80)59-52-45-38-31-26-28-35-42-49-56-69(5)6)93-76(81)60-53-46-39-30-25-22-20-18-16-15-17-19-21-24-27-34-41-48-55-68(3)4/h68-73,78H,8-67H2,1-7H3,(H,83,84)(H,85,86)/t70?,71-,72-,73-/m1/s1. The predicted molar refractivity (Wildman–Crippen MR) is 391 cm³/mol. The van der Waals surface area contributed by atoms with E-state index in [1.54, 1.807) is 0 Å². The topological polar surface area (TPSA) is 237 Å². The number of ether oxygens (including phenoxy) is 4. The lowest BCUT2D eigenvalue weighted by molar-refractivity contribution is -0.161. The van der Waals surface area contributed by atoms with Crippen molar-refractivity contribution in [2.75, 3.05) is 39.6 Å². The first kappa shape index (κ1) is 94.1. The Morgan fingerprint density at radius 2 is 0.531 bits per heavy atom. The van der Waals surface area contributed by atoms with Crippen molar-refractivity contribution in [1.82, 2.24) is 0 Å². The molecule has 0 aliphatic heterocycles. The van der Waals surface area contributed by atoms with Crippen LogP contribution in [-0.2, 0) is 65.4 Å². The first-order valence-electron chi connectivity index (χ1n) is 39.9. The molecule has 0 aromatic heterocycles. The molecule has 0 aliphatic carbocycles. The Morgan fingerprint density at radius 3 is 0.792 bits per heavy atom. The molecule has 0 saturated heterocycles. The van der Waals surface area contributed by atoms with Gasteiger partial charge < -0.3 is 33.8 Å². The molecule has 570 valence electrons. The van der Waals surface area contributed by atoms with E-state index in [4.69, 9.17) is 37.0 Å². The Hall–Kier alpha value is -1.94. The number of phosphoric acid groups is 2. The van der Waals surface area contributed by atoms with Crippen molar-refractivity contribution in [2.24, 2.45) is 17.8 Å². The second-order valence-corrected chi connectivity index (χ2v) is 31.8. The molecule has 0 fully saturated rings. The van der Waals surface area contributed by atoms with Gasteiger partial charge in [-0.1, -0.05) is 344 Å². The average molecular weight is 1410 g/mol. The van der Waals surface area contributed by atoms with Gasteiger partial charge in [0.1, 0.15) is 19.3 Å². The van der Waals surface area contributed by atoms with Crippen molar-refractivity contribution >= 4 is 39.5 Å². The van der Waals surface area contributed by atoms with Gasteiger partial charge in [0.15, 0.2) is 12.2 Å². The van der Waals surface area contributed by atoms with Crippen LogP contribution < -0.4 is 0 Å². The van der Waals surface area contributed by atoms with Crippen LogP contribution in [0.1, 0.15) is 395 Å². The first-order valence-corrected chi connectivity index (χ1v) is 42.9. The molecule has 0 radical (unpaired) electrons. The van der Waals surface area contributed by atoms with Gasteiger partial charge in [0.05, 0.1) is 26.4 Å². The van der Waals surface area contributed by atoms with Crippen LogP contribution in [0.2, 0.25) is 0 Å². The molecule has 17 nitrogen and oxygen atoms in total. The smallest absolute Gasteiger partial charge is 0.462 e. The van der Waals surface area contributed by atoms with E-state index >= 15 is 0 Å². The number of esters is 4. The molecule has 0 saturated carbocycles. The SMILES string of the molecule is CCCCCCCCCCCCCC(=O)OC[C@H](COP(=O)(O)OC[C@H](O)COP(=O)(O)OC[C@@H](COC(=O)CCCCCCCCCCCC(C)C)OC(=O)CCCCCCCCCCCCCCCCCCCCC(C)C)OC(=O)CCCCCCCCCCC(C)CC. The van der Waals surface area contributed by atoms with Crippen molar-refractivity contribution in [2.45, 2.75) is 414 Å². The fraction of sp³-hybridized carbons (Fsp3) is 0.948. The number of carbonyl (C=O) groups excluding carboxylic acids is 4. The van der Waals surface area contributed by atoms with Crippen LogP contribution in [0, 0.1) is 17.8 Å². The van der Waals surface area contributed by atoms with E-state index < -0.39 is 97.5 Å². The Balaban J connectivity index is 5.21. The summed E-state index contributed by atoms with van der Waals surface area (Å²) in [4.78, 5) is 72.8. The zero-order valence-electron chi connectivity index (χ0n) is 62.8. The summed E-state index contributed by atoms with van der Waals surface area (Å²) >= 11 is 0. The quantitative estimate of drug-likeness (QED) is 0.0222. The maximum Gasteiger partial charge on any atom is 0.472 e. The summed E-state index contributed by atoms with van der Waals surface area (Å²) in [6.45, 7) is 11.9. The molecule has 0 spiro atoms. The summed E-state index contributed by atoms with van der Waals surface area (Å²) in [6, 6.07) is 0. The zero-order valence-corrected chi connectivity index (χ0v) is 64.6. The summed E-state index contributed by atoms with van der Waals surface area (Å²) < 4.78 is 68.5. The molecule has 0 bridgehead atoms. The normalized spacial score (nSPS) is 14.3. The number of rotatable bonds is 75. The van der Waals surface area contributed by atoms with E-state index in [-0.39, 0.29) is 25.7 Å². The van der Waals surface area contributed by atoms with Crippen LogP contribution in [0.15, 0.2) is 0 Å². The molecule has 3 unspecified atom stereocenters. The van der Waals surface area contributed by atoms with E-state index in [0.717, 1.165) is 108 Å². The highest BCUT2D eigenvalue weighted by molar-refractivity contribution is 7.47. The Bertz CT molecular complexity index is 1870.